The van der Waals surface area contributed by atoms with Gasteiger partial charge in [-0.1, -0.05) is 13.8 Å². The van der Waals surface area contributed by atoms with Gasteiger partial charge in [0, 0.05) is 36.6 Å². The van der Waals surface area contributed by atoms with Crippen LogP contribution in [0.5, 0.6) is 0 Å². The highest BCUT2D eigenvalue weighted by Crippen LogP contribution is 2.50. The van der Waals surface area contributed by atoms with Crippen molar-refractivity contribution in [1.82, 2.24) is 10.2 Å². The molecule has 2 saturated heterocycles. The summed E-state index contributed by atoms with van der Waals surface area (Å²) in [5.74, 6) is 0.963. The van der Waals surface area contributed by atoms with E-state index in [9.17, 15) is 0 Å². The highest BCUT2D eigenvalue weighted by atomic mass is 15.4. The molecule has 2 bridgehead atoms. The monoisotopic (exact) mass is 182 g/mol. The normalized spacial score (nSPS) is 37.8. The van der Waals surface area contributed by atoms with Gasteiger partial charge in [0.25, 0.3) is 0 Å². The quantitative estimate of drug-likeness (QED) is 0.708. The number of hydrogen-bond acceptors (Lipinski definition) is 2. The zero-order chi connectivity index (χ0) is 9.59. The molecule has 3 aliphatic rings. The molecule has 0 amide bonds. The van der Waals surface area contributed by atoms with Crippen molar-refractivity contribution in [2.24, 2.45) is 5.92 Å². The van der Waals surface area contributed by atoms with Crippen LogP contribution in [0, 0.1) is 5.92 Å². The Kier molecular flexibility index (Phi) is 2.37. The molecular formula is C11H22N2. The summed E-state index contributed by atoms with van der Waals surface area (Å²) >= 11 is 0. The topological polar surface area (TPSA) is 15.3 Å². The van der Waals surface area contributed by atoms with Gasteiger partial charge < -0.3 is 5.32 Å². The minimum Gasteiger partial charge on any atom is -0.314 e. The Balaban J connectivity index is 1.72. The maximum Gasteiger partial charge on any atom is 0.0171 e. The van der Waals surface area contributed by atoms with E-state index in [-0.39, 0.29) is 0 Å². The van der Waals surface area contributed by atoms with Crippen LogP contribution < -0.4 is 5.32 Å². The van der Waals surface area contributed by atoms with Crippen molar-refractivity contribution < 1.29 is 0 Å². The van der Waals surface area contributed by atoms with Crippen molar-refractivity contribution >= 4 is 0 Å². The van der Waals surface area contributed by atoms with E-state index in [0.717, 1.165) is 24.0 Å². The van der Waals surface area contributed by atoms with E-state index in [0.29, 0.717) is 6.04 Å². The van der Waals surface area contributed by atoms with Crippen molar-refractivity contribution in [3.8, 4) is 0 Å². The summed E-state index contributed by atoms with van der Waals surface area (Å²) in [7, 11) is 0. The maximum atomic E-state index is 3.54. The minimum atomic E-state index is 0.646. The van der Waals surface area contributed by atoms with Gasteiger partial charge in [-0.15, -0.1) is 0 Å². The third-order valence-electron chi connectivity index (χ3n) is 3.60. The van der Waals surface area contributed by atoms with E-state index in [1.165, 1.54) is 13.0 Å². The third-order valence-corrected chi connectivity index (χ3v) is 3.60. The molecule has 3 rings (SSSR count). The lowest BCUT2D eigenvalue weighted by Crippen LogP contribution is -2.79. The first-order valence-corrected chi connectivity index (χ1v) is 5.62. The Labute approximate surface area is 81.7 Å². The molecule has 1 saturated carbocycles. The van der Waals surface area contributed by atoms with Crippen LogP contribution in [0.2, 0.25) is 0 Å². The van der Waals surface area contributed by atoms with Crippen LogP contribution in [0.25, 0.3) is 0 Å². The molecule has 2 atom stereocenters. The SMILES string of the molecule is CC(C)NCC1C2CC1N2C(C)C. The van der Waals surface area contributed by atoms with Gasteiger partial charge >= 0.3 is 0 Å². The molecule has 0 aromatic carbocycles. The molecule has 2 heterocycles. The van der Waals surface area contributed by atoms with Gasteiger partial charge in [-0.2, -0.15) is 0 Å². The van der Waals surface area contributed by atoms with Gasteiger partial charge in [0.05, 0.1) is 0 Å². The van der Waals surface area contributed by atoms with Gasteiger partial charge in [-0.3, -0.25) is 4.90 Å². The molecule has 2 aliphatic heterocycles. The number of nitrogens with one attached hydrogen (secondary N) is 1. The average molecular weight is 182 g/mol. The van der Waals surface area contributed by atoms with Crippen LogP contribution in [0.15, 0.2) is 0 Å². The van der Waals surface area contributed by atoms with Gasteiger partial charge in [0.2, 0.25) is 0 Å². The molecule has 76 valence electrons. The summed E-state index contributed by atoms with van der Waals surface area (Å²) < 4.78 is 0. The van der Waals surface area contributed by atoms with Crippen LogP contribution in [-0.4, -0.2) is 35.6 Å². The van der Waals surface area contributed by atoms with E-state index in [4.69, 9.17) is 0 Å². The Morgan fingerprint density at radius 2 is 1.85 bits per heavy atom. The van der Waals surface area contributed by atoms with E-state index in [1.54, 1.807) is 0 Å². The molecule has 0 radical (unpaired) electrons. The van der Waals surface area contributed by atoms with Crippen LogP contribution in [-0.2, 0) is 0 Å². The predicted octanol–water partition coefficient (Wildman–Crippen LogP) is 1.47. The van der Waals surface area contributed by atoms with E-state index in [1.807, 2.05) is 0 Å². The van der Waals surface area contributed by atoms with Gasteiger partial charge in [0.1, 0.15) is 0 Å². The Morgan fingerprint density at radius 3 is 2.23 bits per heavy atom. The molecule has 13 heavy (non-hydrogen) atoms. The van der Waals surface area contributed by atoms with E-state index < -0.39 is 0 Å². The van der Waals surface area contributed by atoms with Crippen molar-refractivity contribution in [3.63, 3.8) is 0 Å². The molecule has 3 fully saturated rings. The van der Waals surface area contributed by atoms with Gasteiger partial charge in [0.15, 0.2) is 0 Å². The summed E-state index contributed by atoms with van der Waals surface area (Å²) in [6.07, 6.45) is 1.46. The first-order valence-electron chi connectivity index (χ1n) is 5.62. The van der Waals surface area contributed by atoms with Gasteiger partial charge in [-0.25, -0.2) is 0 Å². The Morgan fingerprint density at radius 1 is 1.23 bits per heavy atom. The molecule has 2 unspecified atom stereocenters. The summed E-state index contributed by atoms with van der Waals surface area (Å²) in [4.78, 5) is 2.66. The molecule has 2 heteroatoms. The molecule has 1 N–H and O–H groups in total. The summed E-state index contributed by atoms with van der Waals surface area (Å²) in [5, 5.41) is 3.54. The minimum absolute atomic E-state index is 0.646. The second-order valence-electron chi connectivity index (χ2n) is 5.14. The van der Waals surface area contributed by atoms with Crippen molar-refractivity contribution in [2.75, 3.05) is 6.54 Å². The molecule has 0 spiro atoms. The van der Waals surface area contributed by atoms with E-state index in [2.05, 4.69) is 37.9 Å². The highest BCUT2D eigenvalue weighted by Gasteiger charge is 2.59. The second kappa shape index (κ2) is 3.25. The summed E-state index contributed by atoms with van der Waals surface area (Å²) in [6, 6.07) is 3.24. The molecule has 0 aromatic rings. The highest BCUT2D eigenvalue weighted by molar-refractivity contribution is 5.15. The molecule has 0 aromatic heterocycles. The van der Waals surface area contributed by atoms with Crippen LogP contribution >= 0.6 is 0 Å². The summed E-state index contributed by atoms with van der Waals surface area (Å²) in [5.41, 5.74) is 0. The lowest BCUT2D eigenvalue weighted by molar-refractivity contribution is -0.189. The van der Waals surface area contributed by atoms with Crippen molar-refractivity contribution in [3.05, 3.63) is 0 Å². The fourth-order valence-electron chi connectivity index (χ4n) is 2.76. The van der Waals surface area contributed by atoms with Gasteiger partial charge in [-0.05, 0) is 20.3 Å². The lowest BCUT2D eigenvalue weighted by Gasteiger charge is -2.69. The summed E-state index contributed by atoms with van der Waals surface area (Å²) in [6.45, 7) is 10.3. The van der Waals surface area contributed by atoms with Crippen molar-refractivity contribution in [1.29, 1.82) is 0 Å². The fraction of sp³-hybridized carbons (Fsp3) is 1.00. The fourth-order valence-corrected chi connectivity index (χ4v) is 2.76. The van der Waals surface area contributed by atoms with Crippen LogP contribution in [0.3, 0.4) is 0 Å². The molecular weight excluding hydrogens is 160 g/mol. The second-order valence-corrected chi connectivity index (χ2v) is 5.14. The number of rotatable bonds is 4. The first-order chi connectivity index (χ1) is 6.11. The lowest BCUT2D eigenvalue weighted by atomic mass is 9.61. The first kappa shape index (κ1) is 9.47. The Hall–Kier alpha value is -0.0800. The Bertz CT molecular complexity index is 179. The van der Waals surface area contributed by atoms with E-state index >= 15 is 0 Å². The zero-order valence-electron chi connectivity index (χ0n) is 9.25. The van der Waals surface area contributed by atoms with Crippen molar-refractivity contribution in [2.45, 2.75) is 58.3 Å². The largest absolute Gasteiger partial charge is 0.314 e. The zero-order valence-corrected chi connectivity index (χ0v) is 9.25. The third kappa shape index (κ3) is 1.40. The standard InChI is InChI=1S/C11H22N2/c1-7(2)12-6-9-10-5-11(9)13(10)8(3)4/h7-12H,5-6H2,1-4H3. The smallest absolute Gasteiger partial charge is 0.0171 e. The number of hydrogen-bond donors (Lipinski definition) is 1. The average Bonchev–Trinajstić information content (AvgIpc) is 1.78. The molecule has 1 aliphatic carbocycles. The van der Waals surface area contributed by atoms with Crippen LogP contribution in [0.4, 0.5) is 0 Å². The number of nitrogens with zero attached hydrogens (tertiary/aromatic N) is 1. The predicted molar refractivity (Wildman–Crippen MR) is 55.8 cm³/mol. The molecule has 2 nitrogen and oxygen atoms in total. The van der Waals surface area contributed by atoms with Crippen LogP contribution in [0.1, 0.15) is 34.1 Å². The maximum absolute atomic E-state index is 3.54.